The molecule has 1 unspecified atom stereocenters. The molecule has 2 aliphatic rings. The molecule has 0 radical (unpaired) electrons. The van der Waals surface area contributed by atoms with Crippen LogP contribution in [0.5, 0.6) is 0 Å². The monoisotopic (exact) mass is 323 g/mol. The molecule has 2 aliphatic heterocycles. The predicted octanol–water partition coefficient (Wildman–Crippen LogP) is 2.76. The van der Waals surface area contributed by atoms with Gasteiger partial charge in [-0.3, -0.25) is 4.79 Å². The number of carbonyl (C=O) groups excluding carboxylic acids is 1. The van der Waals surface area contributed by atoms with E-state index in [1.165, 1.54) is 11.1 Å². The van der Waals surface area contributed by atoms with E-state index >= 15 is 0 Å². The molecule has 0 spiro atoms. The number of amides is 1. The summed E-state index contributed by atoms with van der Waals surface area (Å²) in [5, 5.41) is 2.84. The van der Waals surface area contributed by atoms with E-state index in [2.05, 4.69) is 39.5 Å². The van der Waals surface area contributed by atoms with Crippen molar-refractivity contribution in [2.75, 3.05) is 23.4 Å². The molecule has 1 aromatic heterocycles. The third kappa shape index (κ3) is 3.12. The van der Waals surface area contributed by atoms with Crippen LogP contribution in [-0.4, -0.2) is 30.1 Å². The van der Waals surface area contributed by atoms with E-state index in [4.69, 9.17) is 4.74 Å². The van der Waals surface area contributed by atoms with Crippen LogP contribution in [0.4, 0.5) is 11.5 Å². The summed E-state index contributed by atoms with van der Waals surface area (Å²) >= 11 is 0. The van der Waals surface area contributed by atoms with Crippen molar-refractivity contribution in [2.45, 2.75) is 31.9 Å². The predicted molar refractivity (Wildman–Crippen MR) is 93.0 cm³/mol. The van der Waals surface area contributed by atoms with E-state index in [0.29, 0.717) is 12.4 Å². The first kappa shape index (κ1) is 15.1. The SMILES string of the molecule is O=C(Nc1ccc(N2CCc3ccccc3C2)cn1)C1CCCO1. The van der Waals surface area contributed by atoms with Crippen LogP contribution in [0.2, 0.25) is 0 Å². The molecule has 4 rings (SSSR count). The van der Waals surface area contributed by atoms with Gasteiger partial charge in [-0.1, -0.05) is 24.3 Å². The molecule has 3 heterocycles. The lowest BCUT2D eigenvalue weighted by molar-refractivity contribution is -0.124. The standard InChI is InChI=1S/C19H21N3O2/c23-19(17-6-3-11-24-17)21-18-8-7-16(12-20-18)22-10-9-14-4-1-2-5-15(14)13-22/h1-2,4-5,7-8,12,17H,3,6,9-11,13H2,(H,20,21,23). The molecule has 5 nitrogen and oxygen atoms in total. The molecule has 24 heavy (non-hydrogen) atoms. The fourth-order valence-corrected chi connectivity index (χ4v) is 3.35. The van der Waals surface area contributed by atoms with E-state index < -0.39 is 0 Å². The number of hydrogen-bond acceptors (Lipinski definition) is 4. The number of benzene rings is 1. The Labute approximate surface area is 141 Å². The summed E-state index contributed by atoms with van der Waals surface area (Å²) in [5.41, 5.74) is 3.89. The second-order valence-electron chi connectivity index (χ2n) is 6.33. The third-order valence-corrected chi connectivity index (χ3v) is 4.72. The van der Waals surface area contributed by atoms with Gasteiger partial charge < -0.3 is 15.0 Å². The third-order valence-electron chi connectivity index (χ3n) is 4.72. The molecular formula is C19H21N3O2. The zero-order valence-electron chi connectivity index (χ0n) is 13.6. The largest absolute Gasteiger partial charge is 0.368 e. The fraction of sp³-hybridized carbons (Fsp3) is 0.368. The van der Waals surface area contributed by atoms with Crippen molar-refractivity contribution in [3.63, 3.8) is 0 Å². The van der Waals surface area contributed by atoms with Crippen molar-refractivity contribution in [3.8, 4) is 0 Å². The van der Waals surface area contributed by atoms with Crippen LogP contribution in [0.25, 0.3) is 0 Å². The smallest absolute Gasteiger partial charge is 0.254 e. The summed E-state index contributed by atoms with van der Waals surface area (Å²) in [7, 11) is 0. The fourth-order valence-electron chi connectivity index (χ4n) is 3.35. The molecule has 5 heteroatoms. The second kappa shape index (κ2) is 6.61. The van der Waals surface area contributed by atoms with Crippen LogP contribution >= 0.6 is 0 Å². The number of rotatable bonds is 3. The maximum absolute atomic E-state index is 12.1. The Balaban J connectivity index is 1.42. The maximum Gasteiger partial charge on any atom is 0.254 e. The Morgan fingerprint density at radius 2 is 2.08 bits per heavy atom. The van der Waals surface area contributed by atoms with Crippen LogP contribution in [0, 0.1) is 0 Å². The highest BCUT2D eigenvalue weighted by molar-refractivity contribution is 5.93. The van der Waals surface area contributed by atoms with Crippen LogP contribution in [0.15, 0.2) is 42.6 Å². The number of hydrogen-bond donors (Lipinski definition) is 1. The number of fused-ring (bicyclic) bond motifs is 1. The van der Waals surface area contributed by atoms with Gasteiger partial charge in [-0.15, -0.1) is 0 Å². The minimum Gasteiger partial charge on any atom is -0.368 e. The number of pyridine rings is 1. The highest BCUT2D eigenvalue weighted by Crippen LogP contribution is 2.24. The van der Waals surface area contributed by atoms with Crippen molar-refractivity contribution in [3.05, 3.63) is 53.7 Å². The molecule has 0 aliphatic carbocycles. The average Bonchev–Trinajstić information content (AvgIpc) is 3.17. The lowest BCUT2D eigenvalue weighted by Crippen LogP contribution is -2.30. The van der Waals surface area contributed by atoms with Crippen molar-refractivity contribution in [1.29, 1.82) is 0 Å². The average molecular weight is 323 g/mol. The van der Waals surface area contributed by atoms with Crippen LogP contribution in [0.1, 0.15) is 24.0 Å². The topological polar surface area (TPSA) is 54.5 Å². The molecule has 1 saturated heterocycles. The quantitative estimate of drug-likeness (QED) is 0.944. The number of ether oxygens (including phenoxy) is 1. The van der Waals surface area contributed by atoms with Crippen molar-refractivity contribution < 1.29 is 9.53 Å². The van der Waals surface area contributed by atoms with Gasteiger partial charge in [-0.25, -0.2) is 4.98 Å². The van der Waals surface area contributed by atoms with Crippen molar-refractivity contribution >= 4 is 17.4 Å². The van der Waals surface area contributed by atoms with E-state index in [1.54, 1.807) is 0 Å². The Morgan fingerprint density at radius 1 is 1.21 bits per heavy atom. The molecular weight excluding hydrogens is 302 g/mol. The zero-order valence-corrected chi connectivity index (χ0v) is 13.6. The van der Waals surface area contributed by atoms with Gasteiger partial charge in [-0.2, -0.15) is 0 Å². The minimum absolute atomic E-state index is 0.0975. The Hall–Kier alpha value is -2.40. The second-order valence-corrected chi connectivity index (χ2v) is 6.33. The van der Waals surface area contributed by atoms with Crippen molar-refractivity contribution in [1.82, 2.24) is 4.98 Å². The van der Waals surface area contributed by atoms with E-state index in [0.717, 1.165) is 38.0 Å². The first-order valence-electron chi connectivity index (χ1n) is 8.50. The Kier molecular flexibility index (Phi) is 4.17. The van der Waals surface area contributed by atoms with E-state index in [9.17, 15) is 4.79 Å². The van der Waals surface area contributed by atoms with Gasteiger partial charge in [0.15, 0.2) is 0 Å². The maximum atomic E-state index is 12.1. The molecule has 124 valence electrons. The highest BCUT2D eigenvalue weighted by atomic mass is 16.5. The zero-order chi connectivity index (χ0) is 16.4. The van der Waals surface area contributed by atoms with Crippen molar-refractivity contribution in [2.24, 2.45) is 0 Å². The Bertz CT molecular complexity index is 724. The van der Waals surface area contributed by atoms with Gasteiger partial charge in [0.25, 0.3) is 5.91 Å². The lowest BCUT2D eigenvalue weighted by Gasteiger charge is -2.30. The molecule has 1 N–H and O–H groups in total. The molecule has 2 aromatic rings. The van der Waals surface area contributed by atoms with Crippen LogP contribution < -0.4 is 10.2 Å². The number of anilines is 2. The van der Waals surface area contributed by atoms with Gasteiger partial charge in [0.2, 0.25) is 0 Å². The molecule has 0 saturated carbocycles. The van der Waals surface area contributed by atoms with E-state index in [1.807, 2.05) is 18.3 Å². The van der Waals surface area contributed by atoms with Gasteiger partial charge in [0, 0.05) is 19.7 Å². The minimum atomic E-state index is -0.329. The summed E-state index contributed by atoms with van der Waals surface area (Å²) in [6, 6.07) is 12.5. The summed E-state index contributed by atoms with van der Waals surface area (Å²) in [6.45, 7) is 2.56. The molecule has 1 aromatic carbocycles. The number of aromatic nitrogens is 1. The van der Waals surface area contributed by atoms with Gasteiger partial charge in [0.1, 0.15) is 11.9 Å². The first-order valence-corrected chi connectivity index (χ1v) is 8.50. The van der Waals surface area contributed by atoms with E-state index in [-0.39, 0.29) is 12.0 Å². The summed E-state index contributed by atoms with van der Waals surface area (Å²) < 4.78 is 5.39. The summed E-state index contributed by atoms with van der Waals surface area (Å²) in [4.78, 5) is 18.8. The number of nitrogens with one attached hydrogen (secondary N) is 1. The van der Waals surface area contributed by atoms with Gasteiger partial charge in [0.05, 0.1) is 11.9 Å². The highest BCUT2D eigenvalue weighted by Gasteiger charge is 2.24. The van der Waals surface area contributed by atoms with Gasteiger partial charge in [-0.05, 0) is 42.5 Å². The number of carbonyl (C=O) groups is 1. The molecule has 1 amide bonds. The van der Waals surface area contributed by atoms with Crippen LogP contribution in [0.3, 0.4) is 0 Å². The molecule has 1 atom stereocenters. The Morgan fingerprint density at radius 3 is 2.83 bits per heavy atom. The molecule has 0 bridgehead atoms. The first-order chi connectivity index (χ1) is 11.8. The molecule has 1 fully saturated rings. The number of nitrogens with zero attached hydrogens (tertiary/aromatic N) is 2. The lowest BCUT2D eigenvalue weighted by atomic mass is 10.00. The van der Waals surface area contributed by atoms with Gasteiger partial charge >= 0.3 is 0 Å². The summed E-state index contributed by atoms with van der Waals surface area (Å²) in [6.07, 6.45) is 4.29. The summed E-state index contributed by atoms with van der Waals surface area (Å²) in [5.74, 6) is 0.483. The van der Waals surface area contributed by atoms with Crippen LogP contribution in [-0.2, 0) is 22.5 Å². The normalized spacial score (nSPS) is 19.8.